The first-order valence-electron chi connectivity index (χ1n) is 9.75. The van der Waals surface area contributed by atoms with Crippen molar-refractivity contribution in [3.8, 4) is 11.3 Å². The largest absolute Gasteiger partial charge is 0.444 e. The number of carbonyl (C=O) groups is 1. The molecule has 3 heterocycles. The van der Waals surface area contributed by atoms with Crippen LogP contribution in [-0.4, -0.2) is 43.4 Å². The smallest absolute Gasteiger partial charge is 0.410 e. The molecular weight excluding hydrogens is 378 g/mol. The van der Waals surface area contributed by atoms with Crippen LogP contribution in [0.2, 0.25) is 0 Å². The molecule has 29 heavy (non-hydrogen) atoms. The third-order valence-electron chi connectivity index (χ3n) is 5.12. The van der Waals surface area contributed by atoms with Gasteiger partial charge in [-0.15, -0.1) is 0 Å². The molecule has 6 nitrogen and oxygen atoms in total. The van der Waals surface area contributed by atoms with Crippen molar-refractivity contribution in [1.29, 1.82) is 0 Å². The first-order valence-corrected chi connectivity index (χ1v) is 9.75. The molecule has 1 aliphatic rings. The molecule has 8 heteroatoms. The van der Waals surface area contributed by atoms with Crippen LogP contribution < -0.4 is 0 Å². The van der Waals surface area contributed by atoms with Crippen LogP contribution in [0.4, 0.5) is 13.6 Å². The third-order valence-corrected chi connectivity index (χ3v) is 5.12. The van der Waals surface area contributed by atoms with Gasteiger partial charge >= 0.3 is 6.09 Å². The van der Waals surface area contributed by atoms with Crippen LogP contribution >= 0.6 is 0 Å². The Bertz CT molecular complexity index is 918. The summed E-state index contributed by atoms with van der Waals surface area (Å²) in [7, 11) is 0. The van der Waals surface area contributed by atoms with E-state index in [0.717, 1.165) is 18.0 Å². The van der Waals surface area contributed by atoms with Crippen LogP contribution in [-0.2, 0) is 4.74 Å². The first kappa shape index (κ1) is 21.2. The molecule has 2 aromatic heterocycles. The number of ether oxygens (including phenoxy) is 1. The van der Waals surface area contributed by atoms with E-state index in [1.165, 1.54) is 0 Å². The predicted molar refractivity (Wildman–Crippen MR) is 105 cm³/mol. The average Bonchev–Trinajstić information content (AvgIpc) is 2.96. The number of aromatic nitrogens is 3. The van der Waals surface area contributed by atoms with E-state index >= 15 is 0 Å². The average molecular weight is 406 g/mol. The molecule has 158 valence electrons. The fraction of sp³-hybridized carbons (Fsp3) is 0.571. The van der Waals surface area contributed by atoms with Crippen LogP contribution in [0.3, 0.4) is 0 Å². The highest BCUT2D eigenvalue weighted by molar-refractivity contribution is 5.69. The topological polar surface area (TPSA) is 60.2 Å². The minimum atomic E-state index is -0.754. The lowest BCUT2D eigenvalue weighted by Gasteiger charge is -2.45. The van der Waals surface area contributed by atoms with Crippen LogP contribution in [0.5, 0.6) is 0 Å². The summed E-state index contributed by atoms with van der Waals surface area (Å²) in [4.78, 5) is 17.8. The van der Waals surface area contributed by atoms with Crippen LogP contribution in [0.25, 0.3) is 11.3 Å². The Morgan fingerprint density at radius 1 is 1.28 bits per heavy atom. The van der Waals surface area contributed by atoms with E-state index in [9.17, 15) is 13.6 Å². The number of hydrogen-bond donors (Lipinski definition) is 0. The minimum absolute atomic E-state index is 0.0296. The van der Waals surface area contributed by atoms with E-state index in [0.29, 0.717) is 25.1 Å². The van der Waals surface area contributed by atoms with Crippen molar-refractivity contribution in [2.24, 2.45) is 0 Å². The zero-order valence-corrected chi connectivity index (χ0v) is 17.8. The summed E-state index contributed by atoms with van der Waals surface area (Å²) in [6.07, 6.45) is 1.87. The number of piperidine rings is 1. The number of likely N-dealkylation sites (tertiary alicyclic amines) is 1. The van der Waals surface area contributed by atoms with E-state index in [1.807, 2.05) is 46.2 Å². The SMILES string of the molecule is Cc1cc(-c2cc(F)cnc2F)nn1C1CCN(C(=O)OC(C)(C)C)C(C)(C)C1. The van der Waals surface area contributed by atoms with Gasteiger partial charge in [0, 0.05) is 17.8 Å². The van der Waals surface area contributed by atoms with Gasteiger partial charge in [0.1, 0.15) is 11.4 Å². The zero-order valence-electron chi connectivity index (χ0n) is 17.8. The monoisotopic (exact) mass is 406 g/mol. The van der Waals surface area contributed by atoms with Crippen molar-refractivity contribution < 1.29 is 18.3 Å². The normalized spacial score (nSPS) is 19.3. The van der Waals surface area contributed by atoms with Gasteiger partial charge in [0.15, 0.2) is 0 Å². The number of rotatable bonds is 2. The van der Waals surface area contributed by atoms with Crippen LogP contribution in [0.1, 0.15) is 59.2 Å². The lowest BCUT2D eigenvalue weighted by molar-refractivity contribution is -0.0144. The molecule has 1 fully saturated rings. The van der Waals surface area contributed by atoms with Crippen molar-refractivity contribution >= 4 is 6.09 Å². The summed E-state index contributed by atoms with van der Waals surface area (Å²) >= 11 is 0. The zero-order chi connectivity index (χ0) is 21.6. The fourth-order valence-electron chi connectivity index (χ4n) is 3.83. The summed E-state index contributed by atoms with van der Waals surface area (Å²) in [6, 6.07) is 2.86. The number of halogens is 2. The molecule has 1 aliphatic heterocycles. The molecule has 0 bridgehead atoms. The Labute approximate surface area is 169 Å². The van der Waals surface area contributed by atoms with Crippen LogP contribution in [0, 0.1) is 18.7 Å². The second-order valence-corrected chi connectivity index (χ2v) is 9.20. The summed E-state index contributed by atoms with van der Waals surface area (Å²) in [5.74, 6) is -1.36. The number of aryl methyl sites for hydroxylation is 1. The molecular formula is C21H28F2N4O2. The number of amides is 1. The van der Waals surface area contributed by atoms with E-state index < -0.39 is 22.9 Å². The van der Waals surface area contributed by atoms with Crippen molar-refractivity contribution in [2.75, 3.05) is 6.54 Å². The molecule has 0 radical (unpaired) electrons. The second kappa shape index (κ2) is 7.39. The number of carbonyl (C=O) groups excluding carboxylic acids is 1. The first-order chi connectivity index (χ1) is 13.4. The Morgan fingerprint density at radius 3 is 2.59 bits per heavy atom. The molecule has 0 saturated carbocycles. The van der Waals surface area contributed by atoms with E-state index in [4.69, 9.17) is 4.74 Å². The molecule has 1 unspecified atom stereocenters. The lowest BCUT2D eigenvalue weighted by Crippen LogP contribution is -2.54. The maximum Gasteiger partial charge on any atom is 0.410 e. The molecule has 1 atom stereocenters. The fourth-order valence-corrected chi connectivity index (χ4v) is 3.83. The molecule has 3 rings (SSSR count). The predicted octanol–water partition coefficient (Wildman–Crippen LogP) is 4.88. The minimum Gasteiger partial charge on any atom is -0.444 e. The van der Waals surface area contributed by atoms with Gasteiger partial charge in [0.2, 0.25) is 5.95 Å². The summed E-state index contributed by atoms with van der Waals surface area (Å²) in [6.45, 7) is 11.9. The van der Waals surface area contributed by atoms with Crippen molar-refractivity contribution in [3.63, 3.8) is 0 Å². The van der Waals surface area contributed by atoms with E-state index in [1.54, 1.807) is 11.0 Å². The summed E-state index contributed by atoms with van der Waals surface area (Å²) in [5, 5.41) is 4.54. The molecule has 1 amide bonds. The van der Waals surface area contributed by atoms with Crippen molar-refractivity contribution in [1.82, 2.24) is 19.7 Å². The molecule has 1 saturated heterocycles. The van der Waals surface area contributed by atoms with Gasteiger partial charge in [0.05, 0.1) is 23.5 Å². The number of hydrogen-bond acceptors (Lipinski definition) is 4. The highest BCUT2D eigenvalue weighted by Crippen LogP contribution is 2.36. The van der Waals surface area contributed by atoms with E-state index in [2.05, 4.69) is 10.1 Å². The standard InChI is InChI=1S/C21H28F2N4O2/c1-13-9-17(16-10-14(22)12-24-18(16)23)25-27(13)15-7-8-26(21(5,6)11-15)19(28)29-20(2,3)4/h9-10,12,15H,7-8,11H2,1-6H3. The third kappa shape index (κ3) is 4.57. The molecule has 2 aromatic rings. The van der Waals surface area contributed by atoms with Crippen LogP contribution in [0.15, 0.2) is 18.3 Å². The Hall–Kier alpha value is -2.51. The highest BCUT2D eigenvalue weighted by atomic mass is 19.1. The van der Waals surface area contributed by atoms with Gasteiger partial charge in [-0.25, -0.2) is 14.2 Å². The van der Waals surface area contributed by atoms with Gasteiger partial charge in [-0.2, -0.15) is 9.49 Å². The van der Waals surface area contributed by atoms with Gasteiger partial charge < -0.3 is 9.64 Å². The lowest BCUT2D eigenvalue weighted by atomic mass is 9.87. The Balaban J connectivity index is 1.82. The number of pyridine rings is 1. The van der Waals surface area contributed by atoms with Crippen molar-refractivity contribution in [3.05, 3.63) is 35.8 Å². The summed E-state index contributed by atoms with van der Waals surface area (Å²) < 4.78 is 35.0. The van der Waals surface area contributed by atoms with Crippen molar-refractivity contribution in [2.45, 2.75) is 71.6 Å². The van der Waals surface area contributed by atoms with E-state index in [-0.39, 0.29) is 17.7 Å². The Kier molecular flexibility index (Phi) is 5.40. The molecule has 0 spiro atoms. The van der Waals surface area contributed by atoms with Gasteiger partial charge in [0.25, 0.3) is 0 Å². The highest BCUT2D eigenvalue weighted by Gasteiger charge is 2.40. The van der Waals surface area contributed by atoms with Gasteiger partial charge in [-0.05, 0) is 66.5 Å². The van der Waals surface area contributed by atoms with Gasteiger partial charge in [-0.1, -0.05) is 0 Å². The quantitative estimate of drug-likeness (QED) is 0.667. The molecule has 0 N–H and O–H groups in total. The summed E-state index contributed by atoms with van der Waals surface area (Å²) in [5.41, 5.74) is 0.239. The maximum atomic E-state index is 14.1. The number of nitrogens with zero attached hydrogens (tertiary/aromatic N) is 4. The second-order valence-electron chi connectivity index (χ2n) is 9.20. The Morgan fingerprint density at radius 2 is 1.97 bits per heavy atom. The van der Waals surface area contributed by atoms with Gasteiger partial charge in [-0.3, -0.25) is 4.68 Å². The maximum absolute atomic E-state index is 14.1. The molecule has 0 aromatic carbocycles. The molecule has 0 aliphatic carbocycles.